The van der Waals surface area contributed by atoms with Crippen LogP contribution >= 0.6 is 15.9 Å². The van der Waals surface area contributed by atoms with Crippen LogP contribution in [0, 0.1) is 0 Å². The Hall–Kier alpha value is -0.430. The molecule has 19 heavy (non-hydrogen) atoms. The van der Waals surface area contributed by atoms with Crippen LogP contribution in [-0.2, 0) is 14.8 Å². The topological polar surface area (TPSA) is 46.6 Å². The van der Waals surface area contributed by atoms with E-state index >= 15 is 0 Å². The highest BCUT2D eigenvalue weighted by atomic mass is 79.9. The Morgan fingerprint density at radius 1 is 1.47 bits per heavy atom. The van der Waals surface area contributed by atoms with Crippen LogP contribution in [0.5, 0.6) is 0 Å². The number of hydrogen-bond acceptors (Lipinski definition) is 3. The van der Waals surface area contributed by atoms with Crippen LogP contribution in [-0.4, -0.2) is 38.2 Å². The minimum atomic E-state index is -3.14. The summed E-state index contributed by atoms with van der Waals surface area (Å²) in [5.74, 6) is 0.207. The smallest absolute Gasteiger partial charge is 0.214 e. The lowest BCUT2D eigenvalue weighted by molar-refractivity contribution is -0.00256. The van der Waals surface area contributed by atoms with Crippen LogP contribution in [0.1, 0.15) is 25.0 Å². The summed E-state index contributed by atoms with van der Waals surface area (Å²) in [5, 5.41) is 0. The van der Waals surface area contributed by atoms with Crippen molar-refractivity contribution in [1.29, 1.82) is 0 Å². The molecular formula is C13H18BrNO3S. The third-order valence-electron chi connectivity index (χ3n) is 3.11. The van der Waals surface area contributed by atoms with E-state index in [1.165, 1.54) is 0 Å². The van der Waals surface area contributed by atoms with E-state index in [9.17, 15) is 8.42 Å². The van der Waals surface area contributed by atoms with Gasteiger partial charge in [0.1, 0.15) is 0 Å². The number of hydrogen-bond donors (Lipinski definition) is 0. The third kappa shape index (κ3) is 3.78. The molecule has 6 heteroatoms. The van der Waals surface area contributed by atoms with Crippen molar-refractivity contribution in [2.75, 3.05) is 25.4 Å². The van der Waals surface area contributed by atoms with Gasteiger partial charge in [-0.3, -0.25) is 0 Å². The number of ether oxygens (including phenoxy) is 1. The fourth-order valence-corrected chi connectivity index (χ4v) is 4.08. The highest BCUT2D eigenvalue weighted by Gasteiger charge is 2.29. The van der Waals surface area contributed by atoms with Crippen LogP contribution in [0.4, 0.5) is 0 Å². The van der Waals surface area contributed by atoms with Gasteiger partial charge in [0.25, 0.3) is 0 Å². The van der Waals surface area contributed by atoms with Gasteiger partial charge in [0, 0.05) is 17.6 Å². The maximum absolute atomic E-state index is 12.1. The minimum Gasteiger partial charge on any atom is -0.371 e. The average molecular weight is 348 g/mol. The molecule has 0 radical (unpaired) electrons. The van der Waals surface area contributed by atoms with Gasteiger partial charge in [-0.25, -0.2) is 8.42 Å². The van der Waals surface area contributed by atoms with Crippen molar-refractivity contribution in [3.63, 3.8) is 0 Å². The van der Waals surface area contributed by atoms with Gasteiger partial charge in [0.15, 0.2) is 0 Å². The van der Waals surface area contributed by atoms with Crippen molar-refractivity contribution in [2.24, 2.45) is 0 Å². The van der Waals surface area contributed by atoms with Crippen molar-refractivity contribution in [3.8, 4) is 0 Å². The van der Waals surface area contributed by atoms with E-state index in [1.807, 2.05) is 31.2 Å². The summed E-state index contributed by atoms with van der Waals surface area (Å²) in [4.78, 5) is 0. The predicted octanol–water partition coefficient (Wildman–Crippen LogP) is 2.56. The molecule has 106 valence electrons. The monoisotopic (exact) mass is 347 g/mol. The van der Waals surface area contributed by atoms with E-state index in [0.29, 0.717) is 26.1 Å². The number of benzene rings is 1. The summed E-state index contributed by atoms with van der Waals surface area (Å²) in [6.07, 6.45) is 0.458. The van der Waals surface area contributed by atoms with Gasteiger partial charge >= 0.3 is 0 Å². The van der Waals surface area contributed by atoms with E-state index in [-0.39, 0.29) is 11.9 Å². The quantitative estimate of drug-likeness (QED) is 0.840. The van der Waals surface area contributed by atoms with Crippen molar-refractivity contribution in [2.45, 2.75) is 19.4 Å². The first-order valence-electron chi connectivity index (χ1n) is 6.38. The molecule has 1 aliphatic rings. The fourth-order valence-electron chi connectivity index (χ4n) is 2.17. The summed E-state index contributed by atoms with van der Waals surface area (Å²) in [6.45, 7) is 3.18. The van der Waals surface area contributed by atoms with Crippen molar-refractivity contribution in [1.82, 2.24) is 4.31 Å². The van der Waals surface area contributed by atoms with Gasteiger partial charge in [0.2, 0.25) is 10.0 Å². The Morgan fingerprint density at radius 3 is 2.95 bits per heavy atom. The normalized spacial score (nSPS) is 21.5. The zero-order chi connectivity index (χ0) is 13.9. The first kappa shape index (κ1) is 15.0. The van der Waals surface area contributed by atoms with E-state index in [1.54, 1.807) is 4.31 Å². The van der Waals surface area contributed by atoms with Crippen molar-refractivity contribution in [3.05, 3.63) is 34.3 Å². The summed E-state index contributed by atoms with van der Waals surface area (Å²) < 4.78 is 32.4. The van der Waals surface area contributed by atoms with Crippen molar-refractivity contribution < 1.29 is 13.2 Å². The molecule has 0 N–H and O–H groups in total. The summed E-state index contributed by atoms with van der Waals surface area (Å²) >= 11 is 3.42. The minimum absolute atomic E-state index is 0.183. The van der Waals surface area contributed by atoms with Gasteiger partial charge in [-0.2, -0.15) is 4.31 Å². The predicted molar refractivity (Wildman–Crippen MR) is 78.5 cm³/mol. The van der Waals surface area contributed by atoms with Gasteiger partial charge < -0.3 is 4.74 Å². The molecule has 1 heterocycles. The second-order valence-electron chi connectivity index (χ2n) is 4.59. The fraction of sp³-hybridized carbons (Fsp3) is 0.538. The number of rotatable bonds is 4. The van der Waals surface area contributed by atoms with Gasteiger partial charge in [-0.05, 0) is 24.1 Å². The molecule has 0 bridgehead atoms. The van der Waals surface area contributed by atoms with E-state index in [4.69, 9.17) is 4.74 Å². The maximum atomic E-state index is 12.1. The standard InChI is InChI=1S/C13H18BrNO3S/c1-2-8-19(16,17)15-6-7-18-13(10-15)11-4-3-5-12(14)9-11/h3-5,9,13H,2,6-8,10H2,1H3. The molecule has 1 aromatic carbocycles. The Kier molecular flexibility index (Phi) is 5.00. The molecule has 1 fully saturated rings. The molecular weight excluding hydrogens is 330 g/mol. The largest absolute Gasteiger partial charge is 0.371 e. The molecule has 4 nitrogen and oxygen atoms in total. The van der Waals surface area contributed by atoms with Crippen LogP contribution in [0.2, 0.25) is 0 Å². The molecule has 0 spiro atoms. The Bertz CT molecular complexity index is 532. The number of morpholine rings is 1. The van der Waals surface area contributed by atoms with Gasteiger partial charge in [-0.1, -0.05) is 35.0 Å². The van der Waals surface area contributed by atoms with Crippen LogP contribution in [0.25, 0.3) is 0 Å². The molecule has 0 aliphatic carbocycles. The summed E-state index contributed by atoms with van der Waals surface area (Å²) in [6, 6.07) is 7.81. The zero-order valence-corrected chi connectivity index (χ0v) is 13.3. The summed E-state index contributed by atoms with van der Waals surface area (Å²) in [5.41, 5.74) is 1.01. The lowest BCUT2D eigenvalue weighted by atomic mass is 10.1. The molecule has 2 rings (SSSR count). The highest BCUT2D eigenvalue weighted by molar-refractivity contribution is 9.10. The lowest BCUT2D eigenvalue weighted by Crippen LogP contribution is -2.43. The molecule has 1 unspecified atom stereocenters. The van der Waals surface area contributed by atoms with Gasteiger partial charge in [-0.15, -0.1) is 0 Å². The second-order valence-corrected chi connectivity index (χ2v) is 7.59. The Labute approximate surface area is 122 Å². The average Bonchev–Trinajstić information content (AvgIpc) is 2.39. The molecule has 1 atom stereocenters. The number of sulfonamides is 1. The third-order valence-corrected chi connectivity index (χ3v) is 5.64. The zero-order valence-electron chi connectivity index (χ0n) is 10.9. The van der Waals surface area contributed by atoms with Crippen molar-refractivity contribution >= 4 is 26.0 Å². The summed E-state index contributed by atoms with van der Waals surface area (Å²) in [7, 11) is -3.14. The SMILES string of the molecule is CCCS(=O)(=O)N1CCOC(c2cccc(Br)c2)C1. The van der Waals surface area contributed by atoms with Gasteiger partial charge in [0.05, 0.1) is 18.5 Å². The Morgan fingerprint density at radius 2 is 2.26 bits per heavy atom. The Balaban J connectivity index is 2.13. The van der Waals surface area contributed by atoms with E-state index in [2.05, 4.69) is 15.9 Å². The molecule has 0 aromatic heterocycles. The number of nitrogens with zero attached hydrogens (tertiary/aromatic N) is 1. The first-order chi connectivity index (χ1) is 9.03. The van der Waals surface area contributed by atoms with E-state index < -0.39 is 10.0 Å². The number of halogens is 1. The van der Waals surface area contributed by atoms with Crippen LogP contribution in [0.3, 0.4) is 0 Å². The maximum Gasteiger partial charge on any atom is 0.214 e. The first-order valence-corrected chi connectivity index (χ1v) is 8.78. The molecule has 0 amide bonds. The second kappa shape index (κ2) is 6.35. The molecule has 1 aliphatic heterocycles. The lowest BCUT2D eigenvalue weighted by Gasteiger charge is -2.32. The van der Waals surface area contributed by atoms with Crippen LogP contribution < -0.4 is 0 Å². The molecule has 1 saturated heterocycles. The molecule has 1 aromatic rings. The highest BCUT2D eigenvalue weighted by Crippen LogP contribution is 2.26. The molecule has 0 saturated carbocycles. The van der Waals surface area contributed by atoms with Crippen LogP contribution in [0.15, 0.2) is 28.7 Å². The van der Waals surface area contributed by atoms with E-state index in [0.717, 1.165) is 10.0 Å².